The Morgan fingerprint density at radius 1 is 0.750 bits per heavy atom. The van der Waals surface area contributed by atoms with Gasteiger partial charge in [0.1, 0.15) is 11.4 Å². The largest absolute Gasteiger partial charge is 0.531 e. The molecule has 0 aliphatic heterocycles. The van der Waals surface area contributed by atoms with E-state index < -0.39 is 52.2 Å². The summed E-state index contributed by atoms with van der Waals surface area (Å²) >= 11 is 0. The number of benzene rings is 2. The van der Waals surface area contributed by atoms with Gasteiger partial charge in [-0.15, -0.1) is 0 Å². The van der Waals surface area contributed by atoms with E-state index in [0.29, 0.717) is 17.7 Å². The number of aliphatic hydroxyl groups excluding tert-OH is 1. The number of nitrogens with zero attached hydrogens (tertiary/aromatic N) is 1. The summed E-state index contributed by atoms with van der Waals surface area (Å²) in [6, 6.07) is 15.7. The third kappa shape index (κ3) is 21.0. The van der Waals surface area contributed by atoms with E-state index in [-0.39, 0.29) is 17.3 Å². The van der Waals surface area contributed by atoms with Crippen LogP contribution in [0.5, 0.6) is 5.75 Å². The lowest BCUT2D eigenvalue weighted by molar-refractivity contribution is 0.0135. The van der Waals surface area contributed by atoms with Crippen LogP contribution in [-0.2, 0) is 39.5 Å². The van der Waals surface area contributed by atoms with E-state index in [1.54, 1.807) is 58.6 Å². The third-order valence-electron chi connectivity index (χ3n) is 8.24. The zero-order valence-corrected chi connectivity index (χ0v) is 39.6. The van der Waals surface area contributed by atoms with Crippen LogP contribution in [0, 0.1) is 0 Å². The van der Waals surface area contributed by atoms with Gasteiger partial charge in [0.15, 0.2) is 9.76 Å². The van der Waals surface area contributed by atoms with E-state index in [1.165, 1.54) is 5.56 Å². The number of unbranched alkanes of at least 4 members (excludes halogenated alkanes) is 4. The van der Waals surface area contributed by atoms with Gasteiger partial charge in [0, 0.05) is 25.3 Å². The second-order valence-electron chi connectivity index (χ2n) is 19.5. The topological polar surface area (TPSA) is 113 Å². The van der Waals surface area contributed by atoms with Gasteiger partial charge >= 0.3 is 13.9 Å². The molecule has 0 radical (unpaired) electrons. The van der Waals surface area contributed by atoms with Gasteiger partial charge in [0.25, 0.3) is 0 Å². The van der Waals surface area contributed by atoms with Crippen LogP contribution in [0.4, 0.5) is 4.79 Å². The van der Waals surface area contributed by atoms with Gasteiger partial charge in [0.2, 0.25) is 0 Å². The predicted molar refractivity (Wildman–Crippen MR) is 230 cm³/mol. The van der Waals surface area contributed by atoms with E-state index in [4.69, 9.17) is 27.5 Å². The molecule has 12 heteroatoms. The maximum atomic E-state index is 14.2. The number of amides is 1. The van der Waals surface area contributed by atoms with Gasteiger partial charge in [-0.2, -0.15) is 0 Å². The van der Waals surface area contributed by atoms with Gasteiger partial charge in [0.05, 0.1) is 29.5 Å². The summed E-state index contributed by atoms with van der Waals surface area (Å²) < 4.78 is 50.6. The van der Waals surface area contributed by atoms with Crippen LogP contribution in [0.1, 0.15) is 158 Å². The van der Waals surface area contributed by atoms with Crippen LogP contribution in [-0.4, -0.2) is 69.0 Å². The Labute approximate surface area is 342 Å². The number of ether oxygens (including phenoxy) is 2. The minimum atomic E-state index is -4.15. The lowest BCUT2D eigenvalue weighted by Crippen LogP contribution is -2.39. The summed E-state index contributed by atoms with van der Waals surface area (Å²) in [5.74, 6) is 0.269. The summed E-state index contributed by atoms with van der Waals surface area (Å²) in [7, 11) is -5.20. The predicted octanol–water partition coefficient (Wildman–Crippen LogP) is 11.2. The van der Waals surface area contributed by atoms with Crippen molar-refractivity contribution in [1.82, 2.24) is 4.90 Å². The maximum absolute atomic E-state index is 14.2. The fourth-order valence-electron chi connectivity index (χ4n) is 5.66. The Morgan fingerprint density at radius 2 is 1.32 bits per heavy atom. The molecule has 0 aliphatic rings. The summed E-state index contributed by atoms with van der Waals surface area (Å²) in [6.45, 7) is 28.5. The van der Waals surface area contributed by atoms with Crippen molar-refractivity contribution in [1.29, 1.82) is 0 Å². The lowest BCUT2D eigenvalue weighted by Gasteiger charge is -2.35. The van der Waals surface area contributed by atoms with Gasteiger partial charge < -0.3 is 28.4 Å². The SMILES string of the molecule is CC(C)(C)OC(=O)N(CCCCCCOCCCCc1ccccc1)C[C@H](O)c1ccc(OP(=O)(OC(C)(C)C)OC(C)(C)C)c(C(C)(C)O[SiH2]C(C)(C)C)c1. The Kier molecular flexibility index (Phi) is 19.3. The van der Waals surface area contributed by atoms with E-state index in [1.807, 2.05) is 46.8 Å². The third-order valence-corrected chi connectivity index (χ3v) is 11.9. The van der Waals surface area contributed by atoms with Crippen LogP contribution >= 0.6 is 7.82 Å². The highest BCUT2D eigenvalue weighted by Gasteiger charge is 2.41. The molecule has 0 aromatic heterocycles. The van der Waals surface area contributed by atoms with Crippen molar-refractivity contribution in [3.8, 4) is 5.75 Å². The second kappa shape index (κ2) is 21.7. The van der Waals surface area contributed by atoms with Crippen molar-refractivity contribution in [2.24, 2.45) is 0 Å². The molecule has 0 saturated carbocycles. The monoisotopic (exact) mass is 822 g/mol. The van der Waals surface area contributed by atoms with Crippen molar-refractivity contribution in [3.63, 3.8) is 0 Å². The van der Waals surface area contributed by atoms with Crippen LogP contribution < -0.4 is 4.52 Å². The first kappa shape index (κ1) is 49.9. The Morgan fingerprint density at radius 3 is 1.88 bits per heavy atom. The smallest absolute Gasteiger partial charge is 0.444 e. The number of hydrogen-bond acceptors (Lipinski definition) is 9. The van der Waals surface area contributed by atoms with Crippen molar-refractivity contribution < 1.29 is 41.9 Å². The fourth-order valence-corrected chi connectivity index (χ4v) is 8.47. The number of aliphatic hydroxyl groups is 1. The maximum Gasteiger partial charge on any atom is 0.531 e. The molecule has 1 N–H and O–H groups in total. The zero-order valence-electron chi connectivity index (χ0n) is 37.3. The first-order valence-corrected chi connectivity index (χ1v) is 23.2. The molecule has 0 unspecified atom stereocenters. The molecule has 0 saturated heterocycles. The number of aryl methyl sites for hydroxylation is 1. The normalized spacial score (nSPS) is 14.0. The molecule has 2 aromatic rings. The summed E-state index contributed by atoms with van der Waals surface area (Å²) in [4.78, 5) is 15.0. The van der Waals surface area contributed by atoms with E-state index in [2.05, 4.69) is 45.0 Å². The first-order valence-electron chi connectivity index (χ1n) is 20.4. The molecule has 320 valence electrons. The molecule has 2 rings (SSSR count). The molecule has 0 heterocycles. The first-order chi connectivity index (χ1) is 25.7. The number of phosphoric acid groups is 1. The molecule has 10 nitrogen and oxygen atoms in total. The molecule has 1 amide bonds. The Balaban J connectivity index is 2.19. The number of hydrogen-bond donors (Lipinski definition) is 1. The van der Waals surface area contributed by atoms with E-state index in [0.717, 1.165) is 58.2 Å². The number of rotatable bonds is 22. The quantitative estimate of drug-likeness (QED) is 0.0704. The standard InChI is InChI=1S/C44H76NO9PSi/c1-40(2,3)50-39(47)45(29-21-15-16-22-30-49-31-23-20-26-34-24-18-17-19-25-34)33-37(46)35-27-28-38(36(32-35)44(13,14)54-56-43(10,11)12)51-55(48,52-41(4,5)6)53-42(7,8)9/h17-19,24-25,27-28,32,37,46H,15-16,20-23,26,29-31,33,56H2,1-14H3/t37-/m0/s1. The Bertz CT molecular complexity index is 1490. The number of carbonyl (C=O) groups is 1. The van der Waals surface area contributed by atoms with Crippen LogP contribution in [0.3, 0.4) is 0 Å². The van der Waals surface area contributed by atoms with Crippen LogP contribution in [0.15, 0.2) is 48.5 Å². The number of carbonyl (C=O) groups excluding carboxylic acids is 1. The average Bonchev–Trinajstić information content (AvgIpc) is 3.03. The molecule has 0 aliphatic carbocycles. The summed E-state index contributed by atoms with van der Waals surface area (Å²) in [5, 5.41) is 11.7. The van der Waals surface area contributed by atoms with Crippen LogP contribution in [0.25, 0.3) is 0 Å². The van der Waals surface area contributed by atoms with E-state index >= 15 is 0 Å². The van der Waals surface area contributed by atoms with Gasteiger partial charge in [-0.25, -0.2) is 9.36 Å². The van der Waals surface area contributed by atoms with Crippen molar-refractivity contribution >= 4 is 23.7 Å². The molecular formula is C44H76NO9PSi. The van der Waals surface area contributed by atoms with Crippen LogP contribution in [0.2, 0.25) is 5.04 Å². The molecule has 2 aromatic carbocycles. The Hall–Kier alpha value is -2.24. The summed E-state index contributed by atoms with van der Waals surface area (Å²) in [6.07, 6.45) is 5.31. The average molecular weight is 822 g/mol. The molecule has 56 heavy (non-hydrogen) atoms. The second-order valence-corrected chi connectivity index (χ2v) is 23.6. The van der Waals surface area contributed by atoms with E-state index in [9.17, 15) is 14.5 Å². The van der Waals surface area contributed by atoms with Gasteiger partial charge in [-0.05, 0) is 137 Å². The lowest BCUT2D eigenvalue weighted by atomic mass is 9.94. The molecule has 0 bridgehead atoms. The minimum Gasteiger partial charge on any atom is -0.444 e. The molecule has 0 spiro atoms. The zero-order chi connectivity index (χ0) is 42.4. The van der Waals surface area contributed by atoms with Crippen molar-refractivity contribution in [2.45, 2.75) is 175 Å². The van der Waals surface area contributed by atoms with Gasteiger partial charge in [-0.1, -0.05) is 70.0 Å². The minimum absolute atomic E-state index is 0.00102. The highest BCUT2D eigenvalue weighted by molar-refractivity contribution is 7.49. The number of phosphoric ester groups is 1. The molecule has 1 atom stereocenters. The molecule has 0 fully saturated rings. The summed E-state index contributed by atoms with van der Waals surface area (Å²) in [5.41, 5.74) is -0.728. The highest BCUT2D eigenvalue weighted by Crippen LogP contribution is 2.56. The van der Waals surface area contributed by atoms with Crippen molar-refractivity contribution in [2.75, 3.05) is 26.3 Å². The van der Waals surface area contributed by atoms with Gasteiger partial charge in [-0.3, -0.25) is 9.05 Å². The van der Waals surface area contributed by atoms with Crippen molar-refractivity contribution in [3.05, 3.63) is 65.2 Å². The molecular weight excluding hydrogens is 746 g/mol. The fraction of sp³-hybridized carbons (Fsp3) is 0.705. The highest BCUT2D eigenvalue weighted by atomic mass is 31.2.